The van der Waals surface area contributed by atoms with Gasteiger partial charge in [-0.3, -0.25) is 10.1 Å². The van der Waals surface area contributed by atoms with Gasteiger partial charge in [0.05, 0.1) is 5.54 Å². The van der Waals surface area contributed by atoms with Crippen LogP contribution in [0.25, 0.3) is 0 Å². The molecule has 7 heteroatoms. The molecule has 0 radical (unpaired) electrons. The van der Waals surface area contributed by atoms with Gasteiger partial charge in [0.2, 0.25) is 0 Å². The molecule has 2 fully saturated rings. The summed E-state index contributed by atoms with van der Waals surface area (Å²) in [5.74, 6) is 1.48. The number of carbonyl (C=O) groups excluding carboxylic acids is 2. The highest BCUT2D eigenvalue weighted by molar-refractivity contribution is 5.92. The van der Waals surface area contributed by atoms with E-state index in [4.69, 9.17) is 0 Å². The number of anilines is 2. The van der Waals surface area contributed by atoms with E-state index >= 15 is 0 Å². The number of likely N-dealkylation sites (tertiary alicyclic amines) is 1. The molecule has 1 saturated carbocycles. The topological polar surface area (TPSA) is 78.4 Å². The molecule has 3 rings (SSSR count). The van der Waals surface area contributed by atoms with Crippen molar-refractivity contribution in [3.8, 4) is 0 Å². The highest BCUT2D eigenvalue weighted by Crippen LogP contribution is 2.43. The van der Waals surface area contributed by atoms with E-state index in [1.54, 1.807) is 6.07 Å². The van der Waals surface area contributed by atoms with E-state index in [1.807, 2.05) is 23.9 Å². The van der Waals surface area contributed by atoms with Crippen LogP contribution in [0.4, 0.5) is 16.4 Å². The molecule has 1 aliphatic heterocycles. The number of piperidine rings is 1. The van der Waals surface area contributed by atoms with Crippen LogP contribution in [0, 0.1) is 0 Å². The van der Waals surface area contributed by atoms with Gasteiger partial charge in [-0.2, -0.15) is 0 Å². The quantitative estimate of drug-likeness (QED) is 0.899. The molecule has 0 atom stereocenters. The van der Waals surface area contributed by atoms with Crippen LogP contribution in [0.15, 0.2) is 12.4 Å². The number of ketones is 1. The van der Waals surface area contributed by atoms with Crippen molar-refractivity contribution in [2.24, 2.45) is 0 Å². The molecule has 0 unspecified atom stereocenters. The van der Waals surface area contributed by atoms with Crippen LogP contribution < -0.4 is 10.2 Å². The maximum Gasteiger partial charge on any atom is 0.323 e. The summed E-state index contributed by atoms with van der Waals surface area (Å²) >= 11 is 0. The highest BCUT2D eigenvalue weighted by atomic mass is 16.2. The fourth-order valence-electron chi connectivity index (χ4n) is 3.21. The number of hydrogen-bond donors (Lipinski definition) is 1. The molecule has 1 spiro atoms. The van der Waals surface area contributed by atoms with E-state index in [0.717, 1.165) is 25.1 Å². The Hall–Kier alpha value is -2.18. The van der Waals surface area contributed by atoms with E-state index in [1.165, 1.54) is 6.33 Å². The second kappa shape index (κ2) is 5.55. The lowest BCUT2D eigenvalue weighted by atomic mass is 9.70. The van der Waals surface area contributed by atoms with Crippen LogP contribution in [0.3, 0.4) is 0 Å². The molecule has 1 N–H and O–H groups in total. The van der Waals surface area contributed by atoms with Crippen molar-refractivity contribution < 1.29 is 9.59 Å². The number of nitrogens with zero attached hydrogens (tertiary/aromatic N) is 4. The number of carbonyl (C=O) groups is 2. The van der Waals surface area contributed by atoms with E-state index in [0.29, 0.717) is 25.2 Å². The average molecular weight is 303 g/mol. The first-order valence-electron chi connectivity index (χ1n) is 7.60. The van der Waals surface area contributed by atoms with Gasteiger partial charge in [-0.15, -0.1) is 0 Å². The first kappa shape index (κ1) is 14.7. The number of rotatable bonds is 2. The largest absolute Gasteiger partial charge is 0.363 e. The van der Waals surface area contributed by atoms with E-state index in [9.17, 15) is 9.59 Å². The van der Waals surface area contributed by atoms with Crippen molar-refractivity contribution in [3.05, 3.63) is 12.4 Å². The third kappa shape index (κ3) is 2.63. The van der Waals surface area contributed by atoms with E-state index in [2.05, 4.69) is 15.3 Å². The van der Waals surface area contributed by atoms with Gasteiger partial charge in [-0.25, -0.2) is 14.8 Å². The molecular weight excluding hydrogens is 282 g/mol. The van der Waals surface area contributed by atoms with Crippen molar-refractivity contribution in [2.75, 3.05) is 30.9 Å². The number of urea groups is 1. The zero-order valence-corrected chi connectivity index (χ0v) is 13.0. The Morgan fingerprint density at radius 3 is 2.77 bits per heavy atom. The normalized spacial score (nSPS) is 19.7. The van der Waals surface area contributed by atoms with E-state index in [-0.39, 0.29) is 17.4 Å². The molecule has 0 aromatic carbocycles. The number of amides is 2. The molecular formula is C15H21N5O2. The summed E-state index contributed by atoms with van der Waals surface area (Å²) in [7, 11) is 3.76. The standard InChI is InChI=1S/C15H21N5O2/c1-19(2)13-8-12(16-10-17-13)18-14(22)20-7-4-11(21)9-15(20)5-3-6-15/h8,10H,3-7,9H2,1-2H3,(H,16,17,18,22). The molecule has 1 aromatic rings. The van der Waals surface area contributed by atoms with Gasteiger partial charge in [0, 0.05) is 39.5 Å². The lowest BCUT2D eigenvalue weighted by Gasteiger charge is -2.52. The molecule has 1 aliphatic carbocycles. The van der Waals surface area contributed by atoms with Crippen LogP contribution >= 0.6 is 0 Å². The van der Waals surface area contributed by atoms with Gasteiger partial charge in [-0.1, -0.05) is 0 Å². The maximum absolute atomic E-state index is 12.6. The Morgan fingerprint density at radius 2 is 2.14 bits per heavy atom. The van der Waals surface area contributed by atoms with Crippen molar-refractivity contribution >= 4 is 23.5 Å². The Kier molecular flexibility index (Phi) is 3.72. The average Bonchev–Trinajstić information content (AvgIpc) is 2.45. The third-order valence-corrected chi connectivity index (χ3v) is 4.59. The molecule has 1 aromatic heterocycles. The number of Topliss-reactive ketones (excluding diaryl/α,β-unsaturated/α-hetero) is 1. The summed E-state index contributed by atoms with van der Waals surface area (Å²) < 4.78 is 0. The zero-order valence-electron chi connectivity index (χ0n) is 13.0. The van der Waals surface area contributed by atoms with Gasteiger partial charge in [0.25, 0.3) is 0 Å². The molecule has 1 saturated heterocycles. The molecule has 2 heterocycles. The first-order chi connectivity index (χ1) is 10.5. The van der Waals surface area contributed by atoms with Gasteiger partial charge in [0.15, 0.2) is 0 Å². The fraction of sp³-hybridized carbons (Fsp3) is 0.600. The Morgan fingerprint density at radius 1 is 1.36 bits per heavy atom. The lowest BCUT2D eigenvalue weighted by molar-refractivity contribution is -0.127. The smallest absolute Gasteiger partial charge is 0.323 e. The second-order valence-corrected chi connectivity index (χ2v) is 6.28. The first-order valence-corrected chi connectivity index (χ1v) is 7.60. The van der Waals surface area contributed by atoms with Crippen LogP contribution in [0.2, 0.25) is 0 Å². The van der Waals surface area contributed by atoms with E-state index < -0.39 is 0 Å². The second-order valence-electron chi connectivity index (χ2n) is 6.28. The highest BCUT2D eigenvalue weighted by Gasteiger charge is 2.48. The molecule has 7 nitrogen and oxygen atoms in total. The monoisotopic (exact) mass is 303 g/mol. The summed E-state index contributed by atoms with van der Waals surface area (Å²) in [6.07, 6.45) is 5.28. The maximum atomic E-state index is 12.6. The van der Waals surface area contributed by atoms with Crippen molar-refractivity contribution in [3.63, 3.8) is 0 Å². The zero-order chi connectivity index (χ0) is 15.7. The minimum atomic E-state index is -0.253. The fourth-order valence-corrected chi connectivity index (χ4v) is 3.21. The van der Waals surface area contributed by atoms with Crippen LogP contribution in [0.5, 0.6) is 0 Å². The van der Waals surface area contributed by atoms with Crippen LogP contribution in [0.1, 0.15) is 32.1 Å². The van der Waals surface area contributed by atoms with Crippen LogP contribution in [-0.2, 0) is 4.79 Å². The lowest BCUT2D eigenvalue weighted by Crippen LogP contribution is -2.61. The van der Waals surface area contributed by atoms with Crippen molar-refractivity contribution in [1.82, 2.24) is 14.9 Å². The predicted octanol–water partition coefficient (Wildman–Crippen LogP) is 1.66. The third-order valence-electron chi connectivity index (χ3n) is 4.59. The molecule has 0 bridgehead atoms. The molecule has 22 heavy (non-hydrogen) atoms. The summed E-state index contributed by atoms with van der Waals surface area (Å²) in [4.78, 5) is 36.2. The Bertz CT molecular complexity index is 597. The predicted molar refractivity (Wildman–Crippen MR) is 82.9 cm³/mol. The number of nitrogens with one attached hydrogen (secondary N) is 1. The number of aromatic nitrogens is 2. The molecule has 2 amide bonds. The Balaban J connectivity index is 1.74. The SMILES string of the molecule is CN(C)c1cc(NC(=O)N2CCC(=O)CC23CCC3)ncn1. The summed E-state index contributed by atoms with van der Waals surface area (Å²) in [6, 6.07) is 1.57. The van der Waals surface area contributed by atoms with Crippen molar-refractivity contribution in [2.45, 2.75) is 37.6 Å². The van der Waals surface area contributed by atoms with Gasteiger partial charge in [0.1, 0.15) is 23.7 Å². The summed E-state index contributed by atoms with van der Waals surface area (Å²) in [6.45, 7) is 0.496. The van der Waals surface area contributed by atoms with Crippen LogP contribution in [-0.4, -0.2) is 52.9 Å². The minimum absolute atomic E-state index is 0.171. The molecule has 118 valence electrons. The number of hydrogen-bond acceptors (Lipinski definition) is 5. The molecule has 2 aliphatic rings. The van der Waals surface area contributed by atoms with Gasteiger partial charge < -0.3 is 9.80 Å². The minimum Gasteiger partial charge on any atom is -0.363 e. The Labute approximate surface area is 129 Å². The van der Waals surface area contributed by atoms with Crippen molar-refractivity contribution in [1.29, 1.82) is 0 Å². The van der Waals surface area contributed by atoms with Gasteiger partial charge >= 0.3 is 6.03 Å². The summed E-state index contributed by atoms with van der Waals surface area (Å²) in [5.41, 5.74) is -0.253. The van der Waals surface area contributed by atoms with Gasteiger partial charge in [-0.05, 0) is 19.3 Å². The summed E-state index contributed by atoms with van der Waals surface area (Å²) in [5, 5.41) is 2.84.